The van der Waals surface area contributed by atoms with E-state index in [2.05, 4.69) is 96.6 Å². The Bertz CT molecular complexity index is 1840. The van der Waals surface area contributed by atoms with Gasteiger partial charge in [-0.3, -0.25) is 4.79 Å². The van der Waals surface area contributed by atoms with Crippen molar-refractivity contribution in [3.63, 3.8) is 0 Å². The van der Waals surface area contributed by atoms with Crippen molar-refractivity contribution < 1.29 is 4.79 Å². The minimum Gasteiger partial charge on any atom is -0.323 e. The van der Waals surface area contributed by atoms with E-state index in [0.717, 1.165) is 24.0 Å². The molecule has 4 aromatic carbocycles. The van der Waals surface area contributed by atoms with E-state index in [0.29, 0.717) is 0 Å². The molecule has 0 N–H and O–H groups in total. The largest absolute Gasteiger partial charge is 0.323 e. The van der Waals surface area contributed by atoms with Crippen LogP contribution in [0.15, 0.2) is 110 Å². The van der Waals surface area contributed by atoms with Gasteiger partial charge in [0.25, 0.3) is 0 Å². The fourth-order valence-corrected chi connectivity index (χ4v) is 6.95. The topological polar surface area (TPSA) is 52.7 Å². The molecule has 0 saturated heterocycles. The van der Waals surface area contributed by atoms with E-state index in [-0.39, 0.29) is 5.78 Å². The summed E-state index contributed by atoms with van der Waals surface area (Å²) in [5.41, 5.74) is 14.8. The first-order valence-electron chi connectivity index (χ1n) is 14.5. The highest BCUT2D eigenvalue weighted by Gasteiger charge is 2.34. The molecule has 2 aromatic heterocycles. The van der Waals surface area contributed by atoms with Gasteiger partial charge in [-0.1, -0.05) is 83.9 Å². The maximum Gasteiger partial charge on any atom is 0.187 e. The predicted octanol–water partition coefficient (Wildman–Crippen LogP) is 7.29. The molecule has 42 heavy (non-hydrogen) atoms. The second-order valence-electron chi connectivity index (χ2n) is 11.7. The van der Waals surface area contributed by atoms with Crippen molar-refractivity contribution in [3.8, 4) is 22.3 Å². The molecule has 2 aliphatic rings. The Labute approximate surface area is 245 Å². The van der Waals surface area contributed by atoms with E-state index >= 15 is 0 Å². The number of aromatic nitrogens is 4. The normalized spacial score (nSPS) is 14.1. The number of fused-ring (bicyclic) bond motifs is 6. The summed E-state index contributed by atoms with van der Waals surface area (Å²) in [6, 6.07) is 25.3. The number of rotatable bonds is 6. The van der Waals surface area contributed by atoms with Gasteiger partial charge in [0, 0.05) is 24.8 Å². The third-order valence-corrected chi connectivity index (χ3v) is 8.95. The lowest BCUT2D eigenvalue weighted by molar-refractivity contribution is -0.123. The highest BCUT2D eigenvalue weighted by atomic mass is 16.1. The quantitative estimate of drug-likeness (QED) is 0.220. The third kappa shape index (κ3) is 3.96. The van der Waals surface area contributed by atoms with E-state index in [4.69, 9.17) is 0 Å². The highest BCUT2D eigenvalue weighted by Crippen LogP contribution is 2.41. The van der Waals surface area contributed by atoms with Crippen LogP contribution in [0.4, 0.5) is 0 Å². The fourth-order valence-electron chi connectivity index (χ4n) is 6.95. The maximum absolute atomic E-state index is 14.9. The number of ketones is 1. The Morgan fingerprint density at radius 1 is 0.595 bits per heavy atom. The standard InChI is InChI=1S/C37H30N4O/c1-23-3-5-25-17-29-19-27(7-9-31(29)33(25)15-23)35(40-13-11-38-21-40)37(42)36(41-14-12-39-22-41)28-8-10-32-30(20-28)18-26-6-4-24(2)16-34(26)32/h3-16,19-22,35-36H,17-18H2,1-2H3. The fraction of sp³-hybridized carbons (Fsp3) is 0.162. The molecule has 2 aliphatic carbocycles. The monoisotopic (exact) mass is 546 g/mol. The van der Waals surface area contributed by atoms with Gasteiger partial charge in [-0.15, -0.1) is 0 Å². The average Bonchev–Trinajstić information content (AvgIpc) is 3.80. The van der Waals surface area contributed by atoms with Crippen LogP contribution in [0.1, 0.15) is 56.6 Å². The number of aryl methyl sites for hydroxylation is 2. The first kappa shape index (κ1) is 24.7. The molecule has 0 saturated carbocycles. The van der Waals surface area contributed by atoms with Crippen molar-refractivity contribution in [1.29, 1.82) is 0 Å². The van der Waals surface area contributed by atoms with Gasteiger partial charge in [-0.05, 0) is 82.3 Å². The SMILES string of the molecule is Cc1ccc2c(c1)-c1ccc(C(C(=O)C(c3ccc4c(c3)Cc3ccc(C)cc3-4)n3ccnc3)n3ccnc3)cc1C2. The van der Waals surface area contributed by atoms with Crippen molar-refractivity contribution in [3.05, 3.63) is 155 Å². The van der Waals surface area contributed by atoms with E-state index < -0.39 is 12.1 Å². The van der Waals surface area contributed by atoms with Crippen LogP contribution in [0.2, 0.25) is 0 Å². The molecule has 0 bridgehead atoms. The lowest BCUT2D eigenvalue weighted by Gasteiger charge is -2.26. The maximum atomic E-state index is 14.9. The molecule has 5 nitrogen and oxygen atoms in total. The second kappa shape index (κ2) is 9.52. The van der Waals surface area contributed by atoms with Crippen LogP contribution in [-0.4, -0.2) is 24.9 Å². The Morgan fingerprint density at radius 2 is 1.07 bits per heavy atom. The lowest BCUT2D eigenvalue weighted by atomic mass is 9.89. The van der Waals surface area contributed by atoms with Gasteiger partial charge >= 0.3 is 0 Å². The molecule has 5 heteroatoms. The third-order valence-electron chi connectivity index (χ3n) is 8.95. The van der Waals surface area contributed by atoms with E-state index in [1.54, 1.807) is 25.0 Å². The molecule has 204 valence electrons. The van der Waals surface area contributed by atoms with E-state index in [9.17, 15) is 4.79 Å². The Hall–Kier alpha value is -5.03. The number of carbonyl (C=O) groups excluding carboxylic acids is 1. The van der Waals surface area contributed by atoms with Gasteiger partial charge in [0.2, 0.25) is 0 Å². The zero-order valence-electron chi connectivity index (χ0n) is 23.7. The Kier molecular flexibility index (Phi) is 5.61. The smallest absolute Gasteiger partial charge is 0.187 e. The summed E-state index contributed by atoms with van der Waals surface area (Å²) < 4.78 is 3.87. The van der Waals surface area contributed by atoms with Gasteiger partial charge in [-0.25, -0.2) is 9.97 Å². The molecule has 6 aromatic rings. The molecule has 0 radical (unpaired) electrons. The summed E-state index contributed by atoms with van der Waals surface area (Å²) >= 11 is 0. The van der Waals surface area contributed by atoms with Crippen LogP contribution in [0, 0.1) is 13.8 Å². The van der Waals surface area contributed by atoms with Crippen LogP contribution in [0.5, 0.6) is 0 Å². The van der Waals surface area contributed by atoms with Gasteiger partial charge in [0.15, 0.2) is 5.78 Å². The van der Waals surface area contributed by atoms with Crippen LogP contribution in [0.3, 0.4) is 0 Å². The van der Waals surface area contributed by atoms with E-state index in [1.165, 1.54) is 55.6 Å². The molecule has 2 atom stereocenters. The molecule has 0 aliphatic heterocycles. The van der Waals surface area contributed by atoms with Crippen LogP contribution in [-0.2, 0) is 17.6 Å². The lowest BCUT2D eigenvalue weighted by Crippen LogP contribution is -2.29. The number of carbonyl (C=O) groups is 1. The summed E-state index contributed by atoms with van der Waals surface area (Å²) in [7, 11) is 0. The van der Waals surface area contributed by atoms with Crippen molar-refractivity contribution >= 4 is 5.78 Å². The molecule has 0 amide bonds. The van der Waals surface area contributed by atoms with E-state index in [1.807, 2.05) is 21.5 Å². The number of hydrogen-bond donors (Lipinski definition) is 0. The Morgan fingerprint density at radius 3 is 1.50 bits per heavy atom. The molecule has 2 heterocycles. The predicted molar refractivity (Wildman–Crippen MR) is 165 cm³/mol. The Balaban J connectivity index is 1.22. The average molecular weight is 547 g/mol. The summed E-state index contributed by atoms with van der Waals surface area (Å²) in [6.07, 6.45) is 12.5. The van der Waals surface area contributed by atoms with Crippen LogP contribution in [0.25, 0.3) is 22.3 Å². The first-order chi connectivity index (χ1) is 20.5. The second-order valence-corrected chi connectivity index (χ2v) is 11.7. The van der Waals surface area contributed by atoms with Gasteiger partial charge in [0.1, 0.15) is 12.1 Å². The molecule has 8 rings (SSSR count). The number of Topliss-reactive ketones (excluding diaryl/α,β-unsaturated/α-hetero) is 1. The number of imidazole rings is 2. The minimum absolute atomic E-state index is 0.0728. The highest BCUT2D eigenvalue weighted by molar-refractivity contribution is 5.92. The zero-order valence-corrected chi connectivity index (χ0v) is 23.7. The molecule has 0 fully saturated rings. The van der Waals surface area contributed by atoms with Crippen molar-refractivity contribution in [2.75, 3.05) is 0 Å². The number of nitrogens with zero attached hydrogens (tertiary/aromatic N) is 4. The summed E-state index contributed by atoms with van der Waals surface area (Å²) in [5, 5.41) is 0. The van der Waals surface area contributed by atoms with Crippen LogP contribution < -0.4 is 0 Å². The van der Waals surface area contributed by atoms with Crippen molar-refractivity contribution in [1.82, 2.24) is 19.1 Å². The van der Waals surface area contributed by atoms with Crippen molar-refractivity contribution in [2.24, 2.45) is 0 Å². The molecule has 2 unspecified atom stereocenters. The summed E-state index contributed by atoms with van der Waals surface area (Å²) in [6.45, 7) is 4.27. The minimum atomic E-state index is -0.538. The van der Waals surface area contributed by atoms with Gasteiger partial charge in [0.05, 0.1) is 12.7 Å². The van der Waals surface area contributed by atoms with Crippen LogP contribution >= 0.6 is 0 Å². The first-order valence-corrected chi connectivity index (χ1v) is 14.5. The summed E-state index contributed by atoms with van der Waals surface area (Å²) in [4.78, 5) is 23.5. The number of hydrogen-bond acceptors (Lipinski definition) is 3. The van der Waals surface area contributed by atoms with Gasteiger partial charge in [-0.2, -0.15) is 0 Å². The molecule has 0 spiro atoms. The number of benzene rings is 4. The van der Waals surface area contributed by atoms with Crippen molar-refractivity contribution in [2.45, 2.75) is 38.8 Å². The molecular formula is C37H30N4O. The zero-order chi connectivity index (χ0) is 28.4. The van der Waals surface area contributed by atoms with Gasteiger partial charge < -0.3 is 9.13 Å². The molecular weight excluding hydrogens is 516 g/mol. The summed E-state index contributed by atoms with van der Waals surface area (Å²) in [5.74, 6) is 0.0728.